The number of hydrogen-bond donors (Lipinski definition) is 2. The lowest BCUT2D eigenvalue weighted by Gasteiger charge is -2.34. The summed E-state index contributed by atoms with van der Waals surface area (Å²) in [6.45, 7) is 5.74. The molecule has 16 nitrogen and oxygen atoms in total. The summed E-state index contributed by atoms with van der Waals surface area (Å²) in [7, 11) is 0. The van der Waals surface area contributed by atoms with E-state index in [0.29, 0.717) is 50.8 Å². The molecule has 1 aromatic carbocycles. The van der Waals surface area contributed by atoms with Crippen LogP contribution in [0.1, 0.15) is 61.9 Å². The first-order valence-electron chi connectivity index (χ1n) is 15.2. The van der Waals surface area contributed by atoms with Gasteiger partial charge in [0.15, 0.2) is 17.6 Å². The number of unbranched alkanes of at least 4 members (excludes halogenated alkanes) is 1. The Labute approximate surface area is 260 Å². The Morgan fingerprint density at radius 1 is 1.07 bits per heavy atom. The Bertz CT molecular complexity index is 1460. The molecule has 2 N–H and O–H groups in total. The van der Waals surface area contributed by atoms with Crippen molar-refractivity contribution in [1.82, 2.24) is 50.4 Å². The fourth-order valence-electron chi connectivity index (χ4n) is 5.29. The number of carbonyl (C=O) groups is 4. The van der Waals surface area contributed by atoms with E-state index in [2.05, 4.69) is 31.0 Å². The summed E-state index contributed by atoms with van der Waals surface area (Å²) in [5.74, 6) is -0.388. The predicted octanol–water partition coefficient (Wildman–Crippen LogP) is 1.33. The van der Waals surface area contributed by atoms with Crippen LogP contribution in [-0.4, -0.2) is 121 Å². The van der Waals surface area contributed by atoms with Gasteiger partial charge in [0.1, 0.15) is 0 Å². The third kappa shape index (κ3) is 7.56. The number of piperazine rings is 1. The smallest absolute Gasteiger partial charge is 0.409 e. The van der Waals surface area contributed by atoms with Gasteiger partial charge < -0.3 is 29.5 Å². The maximum absolute atomic E-state index is 13.4. The number of para-hydroxylation sites is 1. The Morgan fingerprint density at radius 2 is 1.82 bits per heavy atom. The summed E-state index contributed by atoms with van der Waals surface area (Å²) < 4.78 is 12.8. The summed E-state index contributed by atoms with van der Waals surface area (Å²) in [5, 5.41) is 21.0. The number of tetrazole rings is 1. The molecule has 0 radical (unpaired) electrons. The van der Waals surface area contributed by atoms with Crippen LogP contribution in [-0.2, 0) is 14.3 Å². The minimum absolute atomic E-state index is 0.0210. The predicted molar refractivity (Wildman–Crippen MR) is 158 cm³/mol. The van der Waals surface area contributed by atoms with Crippen LogP contribution in [0.25, 0.3) is 5.69 Å². The van der Waals surface area contributed by atoms with Gasteiger partial charge in [0, 0.05) is 38.8 Å². The van der Waals surface area contributed by atoms with E-state index < -0.39 is 12.0 Å². The van der Waals surface area contributed by atoms with Gasteiger partial charge >= 0.3 is 6.09 Å². The molecule has 2 saturated heterocycles. The molecule has 4 amide bonds. The van der Waals surface area contributed by atoms with E-state index in [-0.39, 0.29) is 42.1 Å². The molecule has 2 aromatic heterocycles. The van der Waals surface area contributed by atoms with E-state index in [1.54, 1.807) is 33.8 Å². The van der Waals surface area contributed by atoms with E-state index in [4.69, 9.17) is 9.47 Å². The zero-order valence-corrected chi connectivity index (χ0v) is 25.4. The Hall–Kier alpha value is -5.02. The average molecular weight is 623 g/mol. The first-order valence-corrected chi connectivity index (χ1v) is 15.2. The van der Waals surface area contributed by atoms with Gasteiger partial charge in [-0.2, -0.15) is 5.10 Å². The molecule has 2 atom stereocenters. The van der Waals surface area contributed by atoms with Gasteiger partial charge in [-0.1, -0.05) is 31.5 Å². The van der Waals surface area contributed by atoms with Gasteiger partial charge in [-0.3, -0.25) is 14.4 Å². The molecule has 45 heavy (non-hydrogen) atoms. The number of benzene rings is 1. The first kappa shape index (κ1) is 31.4. The number of carbonyl (C=O) groups excluding carboxylic acids is 4. The summed E-state index contributed by atoms with van der Waals surface area (Å²) in [5.41, 5.74) is 0.646. The molecule has 0 bridgehead atoms. The molecule has 0 spiro atoms. The zero-order chi connectivity index (χ0) is 31.8. The van der Waals surface area contributed by atoms with E-state index in [1.165, 1.54) is 10.7 Å². The summed E-state index contributed by atoms with van der Waals surface area (Å²) >= 11 is 0. The van der Waals surface area contributed by atoms with Crippen LogP contribution in [0.4, 0.5) is 4.79 Å². The maximum atomic E-state index is 13.4. The zero-order valence-electron chi connectivity index (χ0n) is 25.4. The normalized spacial score (nSPS) is 17.2. The fourth-order valence-corrected chi connectivity index (χ4v) is 5.29. The molecule has 5 rings (SSSR count). The summed E-state index contributed by atoms with van der Waals surface area (Å²) in [6.07, 6.45) is 1.99. The molecular weight excluding hydrogens is 584 g/mol. The highest BCUT2D eigenvalue weighted by atomic mass is 16.6. The van der Waals surface area contributed by atoms with Crippen molar-refractivity contribution >= 4 is 23.8 Å². The number of hydrogen-bond acceptors (Lipinski definition) is 10. The van der Waals surface area contributed by atoms with Crippen molar-refractivity contribution in [3.8, 4) is 11.6 Å². The van der Waals surface area contributed by atoms with Gasteiger partial charge in [-0.15, -0.1) is 5.10 Å². The van der Waals surface area contributed by atoms with Crippen LogP contribution < -0.4 is 10.1 Å². The lowest BCUT2D eigenvalue weighted by Crippen LogP contribution is -2.52. The topological polar surface area (TPSA) is 181 Å². The Kier molecular flexibility index (Phi) is 10.2. The van der Waals surface area contributed by atoms with Crippen molar-refractivity contribution in [2.45, 2.75) is 51.7 Å². The molecule has 4 heterocycles. The van der Waals surface area contributed by atoms with Crippen LogP contribution in [0.5, 0.6) is 5.88 Å². The third-order valence-electron chi connectivity index (χ3n) is 7.78. The molecule has 0 aliphatic carbocycles. The Morgan fingerprint density at radius 3 is 2.53 bits per heavy atom. The largest absolute Gasteiger partial charge is 0.464 e. The van der Waals surface area contributed by atoms with Crippen molar-refractivity contribution in [1.29, 1.82) is 0 Å². The maximum Gasteiger partial charge on any atom is 0.409 e. The number of nitrogens with one attached hydrogen (secondary N) is 2. The number of aromatic amines is 1. The SMILES string of the molecule is CCCCOC(=O)N1CCN(C(=O)CNC(=O)c2cc(O[C@H](C)C(=O)N3CCCC3c3nnn[nH]3)n(-c3ccccc3)n2)CC1. The van der Waals surface area contributed by atoms with Crippen LogP contribution in [0.3, 0.4) is 0 Å². The van der Waals surface area contributed by atoms with Crippen LogP contribution >= 0.6 is 0 Å². The Balaban J connectivity index is 1.20. The number of H-pyrrole nitrogens is 1. The number of amides is 4. The highest BCUT2D eigenvalue weighted by molar-refractivity contribution is 5.95. The van der Waals surface area contributed by atoms with Gasteiger partial charge in [0.25, 0.3) is 11.8 Å². The van der Waals surface area contributed by atoms with Crippen molar-refractivity contribution in [2.24, 2.45) is 0 Å². The number of rotatable bonds is 11. The molecule has 0 saturated carbocycles. The fraction of sp³-hybridized carbons (Fsp3) is 0.517. The number of ether oxygens (including phenoxy) is 2. The summed E-state index contributed by atoms with van der Waals surface area (Å²) in [6, 6.07) is 10.2. The standard InChI is InChI=1S/C29H38N10O6/c1-3-4-17-44-29(43)37-15-13-36(14-16-37)24(40)19-30-27(41)22-18-25(39(33-22)21-9-6-5-7-10-21)45-20(2)28(42)38-12-8-11-23(38)26-31-34-35-32-26/h5-7,9-10,18,20,23H,3-4,8,11-17,19H2,1-2H3,(H,30,41)(H,31,32,34,35)/t20-,23?/m1/s1. The van der Waals surface area contributed by atoms with Gasteiger partial charge in [-0.05, 0) is 48.7 Å². The number of likely N-dealkylation sites (tertiary alicyclic amines) is 1. The molecule has 2 aliphatic rings. The molecule has 16 heteroatoms. The molecule has 1 unspecified atom stereocenters. The molecule has 2 aliphatic heterocycles. The van der Waals surface area contributed by atoms with Gasteiger partial charge in [0.2, 0.25) is 11.8 Å². The van der Waals surface area contributed by atoms with Crippen LogP contribution in [0, 0.1) is 0 Å². The average Bonchev–Trinajstić information content (AvgIpc) is 3.85. The molecule has 3 aromatic rings. The highest BCUT2D eigenvalue weighted by Crippen LogP contribution is 2.30. The first-order chi connectivity index (χ1) is 21.9. The highest BCUT2D eigenvalue weighted by Gasteiger charge is 2.36. The van der Waals surface area contributed by atoms with Gasteiger partial charge in [-0.25, -0.2) is 14.6 Å². The second-order valence-corrected chi connectivity index (χ2v) is 10.9. The minimum atomic E-state index is -0.902. The lowest BCUT2D eigenvalue weighted by atomic mass is 10.2. The van der Waals surface area contributed by atoms with Crippen molar-refractivity contribution in [3.63, 3.8) is 0 Å². The van der Waals surface area contributed by atoms with Gasteiger partial charge in [0.05, 0.1) is 24.9 Å². The van der Waals surface area contributed by atoms with Crippen molar-refractivity contribution < 1.29 is 28.7 Å². The number of nitrogens with zero attached hydrogens (tertiary/aromatic N) is 8. The molecule has 2 fully saturated rings. The van der Waals surface area contributed by atoms with E-state index >= 15 is 0 Å². The summed E-state index contributed by atoms with van der Waals surface area (Å²) in [4.78, 5) is 56.4. The van der Waals surface area contributed by atoms with Crippen molar-refractivity contribution in [2.75, 3.05) is 45.9 Å². The molecule has 240 valence electrons. The van der Waals surface area contributed by atoms with E-state index in [9.17, 15) is 19.2 Å². The van der Waals surface area contributed by atoms with Crippen LogP contribution in [0.2, 0.25) is 0 Å². The molecular formula is C29H38N10O6. The second-order valence-electron chi connectivity index (χ2n) is 10.9. The third-order valence-corrected chi connectivity index (χ3v) is 7.78. The van der Waals surface area contributed by atoms with E-state index in [0.717, 1.165) is 25.7 Å². The van der Waals surface area contributed by atoms with E-state index in [1.807, 2.05) is 25.1 Å². The number of aromatic nitrogens is 6. The van der Waals surface area contributed by atoms with Crippen LogP contribution in [0.15, 0.2) is 36.4 Å². The lowest BCUT2D eigenvalue weighted by molar-refractivity contribution is -0.139. The second kappa shape index (κ2) is 14.6. The quantitative estimate of drug-likeness (QED) is 0.296. The minimum Gasteiger partial charge on any atom is -0.464 e. The monoisotopic (exact) mass is 622 g/mol. The van der Waals surface area contributed by atoms with Crippen molar-refractivity contribution in [3.05, 3.63) is 47.9 Å².